The van der Waals surface area contributed by atoms with Crippen LogP contribution >= 0.6 is 0 Å². The lowest BCUT2D eigenvalue weighted by Gasteiger charge is -2.10. The number of hydrogen-bond donors (Lipinski definition) is 1. The molecule has 1 N–H and O–H groups in total. The van der Waals surface area contributed by atoms with Crippen molar-refractivity contribution < 1.29 is 19.4 Å². The van der Waals surface area contributed by atoms with E-state index in [4.69, 9.17) is 5.11 Å². The first-order valence-electron chi connectivity index (χ1n) is 4.57. The van der Waals surface area contributed by atoms with Crippen LogP contribution in [-0.2, 0) is 9.53 Å². The van der Waals surface area contributed by atoms with Crippen LogP contribution in [0.25, 0.3) is 0 Å². The van der Waals surface area contributed by atoms with Crippen molar-refractivity contribution in [1.29, 1.82) is 0 Å². The first kappa shape index (κ1) is 10.3. The van der Waals surface area contributed by atoms with Gasteiger partial charge in [0.2, 0.25) is 6.10 Å². The normalized spacial score (nSPS) is 19.7. The predicted molar refractivity (Wildman–Crippen MR) is 52.0 cm³/mol. The van der Waals surface area contributed by atoms with Gasteiger partial charge in [0.25, 0.3) is 0 Å². The summed E-state index contributed by atoms with van der Waals surface area (Å²) in [5.74, 6) is -0.588. The first-order chi connectivity index (χ1) is 7.58. The molecule has 1 saturated heterocycles. The van der Waals surface area contributed by atoms with Gasteiger partial charge in [-0.1, -0.05) is 0 Å². The molecule has 1 amide bonds. The highest BCUT2D eigenvalue weighted by molar-refractivity contribution is 5.93. The number of carboxylic acid groups (broad SMARTS) is 1. The molecule has 1 aromatic rings. The number of amides is 1. The molecule has 1 aliphatic rings. The summed E-state index contributed by atoms with van der Waals surface area (Å²) in [6.07, 6.45) is 1.08. The summed E-state index contributed by atoms with van der Waals surface area (Å²) in [5, 5.41) is 8.70. The Balaban J connectivity index is 2.20. The lowest BCUT2D eigenvalue weighted by Crippen LogP contribution is -2.27. The second kappa shape index (κ2) is 3.76. The van der Waals surface area contributed by atoms with Crippen LogP contribution in [0.3, 0.4) is 0 Å². The molecular formula is C9H9N3O4. The minimum Gasteiger partial charge on any atom is -0.478 e. The number of rotatable bonds is 2. The molecule has 1 aliphatic heterocycles. The SMILES string of the molecule is Cc1ncc(N2CC(C(=O)O)OC2=O)cn1. The summed E-state index contributed by atoms with van der Waals surface area (Å²) in [5.41, 5.74) is 0.430. The zero-order valence-electron chi connectivity index (χ0n) is 8.45. The maximum absolute atomic E-state index is 11.4. The van der Waals surface area contributed by atoms with Crippen molar-refractivity contribution in [3.63, 3.8) is 0 Å². The van der Waals surface area contributed by atoms with Crippen LogP contribution in [-0.4, -0.2) is 39.8 Å². The van der Waals surface area contributed by atoms with Crippen molar-refractivity contribution in [2.75, 3.05) is 11.4 Å². The van der Waals surface area contributed by atoms with Crippen LogP contribution in [0, 0.1) is 6.92 Å². The van der Waals surface area contributed by atoms with Gasteiger partial charge in [0.05, 0.1) is 24.6 Å². The van der Waals surface area contributed by atoms with E-state index in [0.29, 0.717) is 11.5 Å². The van der Waals surface area contributed by atoms with Gasteiger partial charge in [-0.2, -0.15) is 0 Å². The van der Waals surface area contributed by atoms with E-state index < -0.39 is 18.2 Å². The van der Waals surface area contributed by atoms with E-state index >= 15 is 0 Å². The lowest BCUT2D eigenvalue weighted by molar-refractivity contribution is -0.144. The molecule has 0 aromatic carbocycles. The van der Waals surface area contributed by atoms with Crippen LogP contribution in [0.1, 0.15) is 5.82 Å². The number of aromatic nitrogens is 2. The van der Waals surface area contributed by atoms with Crippen molar-refractivity contribution in [3.8, 4) is 0 Å². The average molecular weight is 223 g/mol. The molecular weight excluding hydrogens is 214 g/mol. The van der Waals surface area contributed by atoms with Gasteiger partial charge in [-0.25, -0.2) is 19.6 Å². The third kappa shape index (κ3) is 1.79. The quantitative estimate of drug-likeness (QED) is 0.769. The number of aryl methyl sites for hydroxylation is 1. The third-order valence-electron chi connectivity index (χ3n) is 2.17. The van der Waals surface area contributed by atoms with Gasteiger partial charge in [0.15, 0.2) is 0 Å². The van der Waals surface area contributed by atoms with Crippen molar-refractivity contribution in [2.24, 2.45) is 0 Å². The van der Waals surface area contributed by atoms with E-state index in [9.17, 15) is 9.59 Å². The average Bonchev–Trinajstić information content (AvgIpc) is 2.62. The zero-order chi connectivity index (χ0) is 11.7. The molecule has 1 atom stereocenters. The highest BCUT2D eigenvalue weighted by Gasteiger charge is 2.37. The van der Waals surface area contributed by atoms with Crippen molar-refractivity contribution in [1.82, 2.24) is 9.97 Å². The lowest BCUT2D eigenvalue weighted by atomic mass is 10.3. The van der Waals surface area contributed by atoms with E-state index in [-0.39, 0.29) is 6.54 Å². The van der Waals surface area contributed by atoms with Crippen molar-refractivity contribution in [3.05, 3.63) is 18.2 Å². The van der Waals surface area contributed by atoms with Gasteiger partial charge in [0, 0.05) is 0 Å². The van der Waals surface area contributed by atoms with E-state index in [1.165, 1.54) is 17.3 Å². The molecule has 84 valence electrons. The minimum atomic E-state index is -1.16. The molecule has 0 saturated carbocycles. The fraction of sp³-hybridized carbons (Fsp3) is 0.333. The zero-order valence-corrected chi connectivity index (χ0v) is 8.45. The van der Waals surface area contributed by atoms with Gasteiger partial charge in [-0.3, -0.25) is 4.90 Å². The topological polar surface area (TPSA) is 92.6 Å². The number of carbonyl (C=O) groups excluding carboxylic acids is 1. The van der Waals surface area contributed by atoms with E-state index in [0.717, 1.165) is 0 Å². The Labute approximate surface area is 90.7 Å². The number of anilines is 1. The molecule has 2 rings (SSSR count). The van der Waals surface area contributed by atoms with Crippen LogP contribution in [0.4, 0.5) is 10.5 Å². The summed E-state index contributed by atoms with van der Waals surface area (Å²) in [6, 6.07) is 0. The summed E-state index contributed by atoms with van der Waals surface area (Å²) in [7, 11) is 0. The fourth-order valence-corrected chi connectivity index (χ4v) is 1.33. The van der Waals surface area contributed by atoms with Gasteiger partial charge in [0.1, 0.15) is 5.82 Å². The molecule has 16 heavy (non-hydrogen) atoms. The summed E-state index contributed by atoms with van der Waals surface area (Å²) >= 11 is 0. The monoisotopic (exact) mass is 223 g/mol. The van der Waals surface area contributed by atoms with Crippen molar-refractivity contribution in [2.45, 2.75) is 13.0 Å². The Bertz CT molecular complexity index is 431. The Morgan fingerprint density at radius 2 is 2.19 bits per heavy atom. The minimum absolute atomic E-state index is 0.0272. The highest BCUT2D eigenvalue weighted by atomic mass is 16.6. The highest BCUT2D eigenvalue weighted by Crippen LogP contribution is 2.19. The van der Waals surface area contributed by atoms with Crippen molar-refractivity contribution >= 4 is 17.7 Å². The molecule has 7 heteroatoms. The van der Waals surface area contributed by atoms with E-state index in [1.54, 1.807) is 6.92 Å². The number of aliphatic carboxylic acids is 1. The fourth-order valence-electron chi connectivity index (χ4n) is 1.33. The summed E-state index contributed by atoms with van der Waals surface area (Å²) in [6.45, 7) is 1.69. The smallest absolute Gasteiger partial charge is 0.415 e. The molecule has 0 spiro atoms. The predicted octanol–water partition coefficient (Wildman–Crippen LogP) is 0.195. The number of ether oxygens (including phenoxy) is 1. The standard InChI is InChI=1S/C9H9N3O4/c1-5-10-2-6(3-11-5)12-4-7(8(13)14)16-9(12)15/h2-3,7H,4H2,1H3,(H,13,14). The van der Waals surface area contributed by atoms with Crippen LogP contribution in [0.15, 0.2) is 12.4 Å². The summed E-state index contributed by atoms with van der Waals surface area (Å²) < 4.78 is 4.65. The van der Waals surface area contributed by atoms with Gasteiger partial charge >= 0.3 is 12.1 Å². The molecule has 7 nitrogen and oxygen atoms in total. The number of carbonyl (C=O) groups is 2. The van der Waals surface area contributed by atoms with Gasteiger partial charge in [-0.15, -0.1) is 0 Å². The second-order valence-corrected chi connectivity index (χ2v) is 3.31. The largest absolute Gasteiger partial charge is 0.478 e. The molecule has 0 radical (unpaired) electrons. The van der Waals surface area contributed by atoms with Crippen LogP contribution in [0.5, 0.6) is 0 Å². The van der Waals surface area contributed by atoms with E-state index in [1.807, 2.05) is 0 Å². The number of cyclic esters (lactones) is 1. The molecule has 0 aliphatic carbocycles. The van der Waals surface area contributed by atoms with Crippen LogP contribution in [0.2, 0.25) is 0 Å². The second-order valence-electron chi connectivity index (χ2n) is 3.31. The third-order valence-corrected chi connectivity index (χ3v) is 2.17. The molecule has 1 aromatic heterocycles. The van der Waals surface area contributed by atoms with E-state index in [2.05, 4.69) is 14.7 Å². The number of carboxylic acids is 1. The Morgan fingerprint density at radius 3 is 2.69 bits per heavy atom. The molecule has 1 fully saturated rings. The maximum Gasteiger partial charge on any atom is 0.415 e. The molecule has 0 bridgehead atoms. The Morgan fingerprint density at radius 1 is 1.56 bits per heavy atom. The van der Waals surface area contributed by atoms with Gasteiger partial charge < -0.3 is 9.84 Å². The molecule has 2 heterocycles. The van der Waals surface area contributed by atoms with Crippen LogP contribution < -0.4 is 4.90 Å². The first-order valence-corrected chi connectivity index (χ1v) is 4.57. The Hall–Kier alpha value is -2.18. The number of nitrogens with zero attached hydrogens (tertiary/aromatic N) is 3. The van der Waals surface area contributed by atoms with Gasteiger partial charge in [-0.05, 0) is 6.92 Å². The molecule has 1 unspecified atom stereocenters. The number of hydrogen-bond acceptors (Lipinski definition) is 5. The maximum atomic E-state index is 11.4. The Kier molecular flexibility index (Phi) is 2.43. The summed E-state index contributed by atoms with van der Waals surface area (Å²) in [4.78, 5) is 31.0.